The molecule has 1 atom stereocenters. The standard InChI is InChI=1S/C15H21BrN2O.ClH/c16-13-7-5-12(6-8-13)11-14-3-2-10-18(14)15(19)4-1-9-17;/h5-8,14H,1-4,9-11,17H2;1H. The minimum Gasteiger partial charge on any atom is -0.339 e. The van der Waals surface area contributed by atoms with Crippen LogP contribution >= 0.6 is 28.3 Å². The van der Waals surface area contributed by atoms with Crippen LogP contribution in [0, 0.1) is 0 Å². The minimum absolute atomic E-state index is 0. The van der Waals surface area contributed by atoms with Crippen LogP contribution in [0.2, 0.25) is 0 Å². The highest BCUT2D eigenvalue weighted by atomic mass is 79.9. The number of hydrogen-bond donors (Lipinski definition) is 1. The van der Waals surface area contributed by atoms with Crippen molar-refractivity contribution in [3.63, 3.8) is 0 Å². The van der Waals surface area contributed by atoms with Crippen LogP contribution in [-0.4, -0.2) is 29.9 Å². The third-order valence-corrected chi connectivity index (χ3v) is 4.21. The fourth-order valence-electron chi connectivity index (χ4n) is 2.67. The lowest BCUT2D eigenvalue weighted by atomic mass is 10.0. The zero-order chi connectivity index (χ0) is 13.7. The number of carbonyl (C=O) groups excluding carboxylic acids is 1. The van der Waals surface area contributed by atoms with Crippen LogP contribution in [0.5, 0.6) is 0 Å². The van der Waals surface area contributed by atoms with Gasteiger partial charge in [0.1, 0.15) is 0 Å². The maximum absolute atomic E-state index is 12.1. The third-order valence-electron chi connectivity index (χ3n) is 3.68. The van der Waals surface area contributed by atoms with E-state index >= 15 is 0 Å². The van der Waals surface area contributed by atoms with Gasteiger partial charge >= 0.3 is 0 Å². The molecule has 0 saturated carbocycles. The van der Waals surface area contributed by atoms with Gasteiger partial charge in [-0.25, -0.2) is 0 Å². The van der Waals surface area contributed by atoms with Crippen molar-refractivity contribution in [2.75, 3.05) is 13.1 Å². The van der Waals surface area contributed by atoms with Crippen molar-refractivity contribution in [1.29, 1.82) is 0 Å². The van der Waals surface area contributed by atoms with Gasteiger partial charge in [0.15, 0.2) is 0 Å². The molecule has 1 aromatic rings. The Bertz CT molecular complexity index is 424. The van der Waals surface area contributed by atoms with Gasteiger partial charge < -0.3 is 10.6 Å². The van der Waals surface area contributed by atoms with Gasteiger partial charge in [-0.15, -0.1) is 12.4 Å². The summed E-state index contributed by atoms with van der Waals surface area (Å²) in [4.78, 5) is 14.2. The molecule has 3 nitrogen and oxygen atoms in total. The van der Waals surface area contributed by atoms with Crippen molar-refractivity contribution in [3.05, 3.63) is 34.3 Å². The second-order valence-electron chi connectivity index (χ2n) is 5.11. The topological polar surface area (TPSA) is 46.3 Å². The predicted molar refractivity (Wildman–Crippen MR) is 88.1 cm³/mol. The predicted octanol–water partition coefficient (Wildman–Crippen LogP) is 3.14. The number of hydrogen-bond acceptors (Lipinski definition) is 2. The maximum atomic E-state index is 12.1. The van der Waals surface area contributed by atoms with Gasteiger partial charge in [-0.3, -0.25) is 4.79 Å². The van der Waals surface area contributed by atoms with E-state index in [0.717, 1.165) is 36.7 Å². The molecule has 1 fully saturated rings. The lowest BCUT2D eigenvalue weighted by molar-refractivity contribution is -0.132. The molecule has 1 heterocycles. The van der Waals surface area contributed by atoms with Gasteiger partial charge in [0, 0.05) is 23.5 Å². The highest BCUT2D eigenvalue weighted by molar-refractivity contribution is 9.10. The summed E-state index contributed by atoms with van der Waals surface area (Å²) in [6.45, 7) is 1.50. The van der Waals surface area contributed by atoms with Gasteiger partial charge in [0.25, 0.3) is 0 Å². The van der Waals surface area contributed by atoms with E-state index in [-0.39, 0.29) is 18.3 Å². The van der Waals surface area contributed by atoms with Crippen LogP contribution in [-0.2, 0) is 11.2 Å². The van der Waals surface area contributed by atoms with E-state index in [4.69, 9.17) is 5.73 Å². The highest BCUT2D eigenvalue weighted by Crippen LogP contribution is 2.23. The van der Waals surface area contributed by atoms with Crippen LogP contribution in [0.25, 0.3) is 0 Å². The number of benzene rings is 1. The van der Waals surface area contributed by atoms with Crippen molar-refractivity contribution in [1.82, 2.24) is 4.90 Å². The summed E-state index contributed by atoms with van der Waals surface area (Å²) in [6.07, 6.45) is 4.58. The number of nitrogens with two attached hydrogens (primary N) is 1. The van der Waals surface area contributed by atoms with E-state index in [1.807, 2.05) is 0 Å². The molecule has 0 bridgehead atoms. The van der Waals surface area contributed by atoms with Crippen LogP contribution in [0.4, 0.5) is 0 Å². The lowest BCUT2D eigenvalue weighted by Crippen LogP contribution is -2.36. The summed E-state index contributed by atoms with van der Waals surface area (Å²) in [7, 11) is 0. The Balaban J connectivity index is 0.00000200. The van der Waals surface area contributed by atoms with Crippen molar-refractivity contribution >= 4 is 34.2 Å². The van der Waals surface area contributed by atoms with E-state index in [0.29, 0.717) is 19.0 Å². The number of halogens is 2. The van der Waals surface area contributed by atoms with Gasteiger partial charge in [-0.05, 0) is 49.9 Å². The monoisotopic (exact) mass is 360 g/mol. The fourth-order valence-corrected chi connectivity index (χ4v) is 2.93. The van der Waals surface area contributed by atoms with Gasteiger partial charge in [0.2, 0.25) is 5.91 Å². The molecule has 1 unspecified atom stereocenters. The Kier molecular flexibility index (Phi) is 7.56. The van der Waals surface area contributed by atoms with Gasteiger partial charge in [0.05, 0.1) is 0 Å². The Morgan fingerprint density at radius 3 is 2.70 bits per heavy atom. The second kappa shape index (κ2) is 8.65. The van der Waals surface area contributed by atoms with E-state index in [2.05, 4.69) is 45.1 Å². The van der Waals surface area contributed by atoms with Crippen LogP contribution in [0.1, 0.15) is 31.2 Å². The molecule has 1 aliphatic rings. The molecule has 1 aromatic carbocycles. The summed E-state index contributed by atoms with van der Waals surface area (Å²) in [5.74, 6) is 0.269. The normalized spacial score (nSPS) is 17.9. The maximum Gasteiger partial charge on any atom is 0.222 e. The average Bonchev–Trinajstić information content (AvgIpc) is 2.87. The first-order valence-electron chi connectivity index (χ1n) is 6.94. The average molecular weight is 362 g/mol. The summed E-state index contributed by atoms with van der Waals surface area (Å²) >= 11 is 3.45. The summed E-state index contributed by atoms with van der Waals surface area (Å²) < 4.78 is 1.10. The Labute approximate surface area is 135 Å². The SMILES string of the molecule is Cl.NCCCC(=O)N1CCCC1Cc1ccc(Br)cc1. The molecule has 0 radical (unpaired) electrons. The Hall–Kier alpha value is -0.580. The Morgan fingerprint density at radius 2 is 2.05 bits per heavy atom. The van der Waals surface area contributed by atoms with Crippen molar-refractivity contribution in [2.45, 2.75) is 38.1 Å². The van der Waals surface area contributed by atoms with E-state index in [1.54, 1.807) is 0 Å². The molecule has 2 rings (SSSR count). The number of amides is 1. The van der Waals surface area contributed by atoms with E-state index < -0.39 is 0 Å². The summed E-state index contributed by atoms with van der Waals surface area (Å²) in [6, 6.07) is 8.75. The number of nitrogens with zero attached hydrogens (tertiary/aromatic N) is 1. The number of likely N-dealkylation sites (tertiary alicyclic amines) is 1. The van der Waals surface area contributed by atoms with Crippen molar-refractivity contribution < 1.29 is 4.79 Å². The summed E-state index contributed by atoms with van der Waals surface area (Å²) in [5.41, 5.74) is 6.77. The van der Waals surface area contributed by atoms with E-state index in [9.17, 15) is 4.79 Å². The van der Waals surface area contributed by atoms with E-state index in [1.165, 1.54) is 5.56 Å². The molecular weight excluding hydrogens is 340 g/mol. The first-order chi connectivity index (χ1) is 9.20. The second-order valence-corrected chi connectivity index (χ2v) is 6.02. The van der Waals surface area contributed by atoms with Crippen molar-refractivity contribution in [2.24, 2.45) is 5.73 Å². The molecule has 0 aromatic heterocycles. The fraction of sp³-hybridized carbons (Fsp3) is 0.533. The highest BCUT2D eigenvalue weighted by Gasteiger charge is 2.28. The number of rotatable bonds is 5. The van der Waals surface area contributed by atoms with Crippen molar-refractivity contribution in [3.8, 4) is 0 Å². The molecular formula is C15H22BrClN2O. The molecule has 5 heteroatoms. The first kappa shape index (κ1) is 17.5. The Morgan fingerprint density at radius 1 is 1.35 bits per heavy atom. The van der Waals surface area contributed by atoms with Gasteiger partial charge in [-0.2, -0.15) is 0 Å². The molecule has 0 spiro atoms. The molecule has 1 aliphatic heterocycles. The molecule has 2 N–H and O–H groups in total. The molecule has 112 valence electrons. The largest absolute Gasteiger partial charge is 0.339 e. The molecule has 20 heavy (non-hydrogen) atoms. The zero-order valence-corrected chi connectivity index (χ0v) is 14.0. The zero-order valence-electron chi connectivity index (χ0n) is 11.6. The first-order valence-corrected chi connectivity index (χ1v) is 7.74. The van der Waals surface area contributed by atoms with Crippen LogP contribution in [0.15, 0.2) is 28.7 Å². The quantitative estimate of drug-likeness (QED) is 0.875. The molecule has 0 aliphatic carbocycles. The van der Waals surface area contributed by atoms with Gasteiger partial charge in [-0.1, -0.05) is 28.1 Å². The van der Waals surface area contributed by atoms with Crippen LogP contribution in [0.3, 0.4) is 0 Å². The molecule has 1 saturated heterocycles. The smallest absolute Gasteiger partial charge is 0.222 e. The minimum atomic E-state index is 0. The summed E-state index contributed by atoms with van der Waals surface area (Å²) in [5, 5.41) is 0. The lowest BCUT2D eigenvalue weighted by Gasteiger charge is -2.25. The van der Waals surface area contributed by atoms with Crippen LogP contribution < -0.4 is 5.73 Å². The third kappa shape index (κ3) is 4.76. The molecule has 1 amide bonds. The number of carbonyl (C=O) groups is 1.